The molecule has 0 saturated carbocycles. The lowest BCUT2D eigenvalue weighted by molar-refractivity contribution is 0.328. The Labute approximate surface area is 92.7 Å². The minimum Gasteiger partial charge on any atom is -0.451 e. The van der Waals surface area contributed by atoms with Gasteiger partial charge in [-0.05, 0) is 18.2 Å². The molecule has 0 aliphatic carbocycles. The third kappa shape index (κ3) is 2.93. The van der Waals surface area contributed by atoms with E-state index in [1.54, 1.807) is 0 Å². The molecule has 0 atom stereocenters. The van der Waals surface area contributed by atoms with Crippen LogP contribution >= 0.6 is 36.4 Å². The van der Waals surface area contributed by atoms with Gasteiger partial charge in [0.05, 0.1) is 0 Å². The molecule has 1 nitrogen and oxygen atoms in total. The minimum absolute atomic E-state index is 0.171. The van der Waals surface area contributed by atoms with E-state index in [1.807, 2.05) is 0 Å². The molecule has 0 heterocycles. The molecule has 14 heavy (non-hydrogen) atoms. The molecule has 0 spiro atoms. The molecular formula is C7H4F3OS3. The van der Waals surface area contributed by atoms with Crippen LogP contribution in [0.25, 0.3) is 0 Å². The third-order valence-electron chi connectivity index (χ3n) is 1.21. The summed E-state index contributed by atoms with van der Waals surface area (Å²) in [6.07, 6.45) is 0. The molecule has 77 valence electrons. The van der Waals surface area contributed by atoms with Crippen LogP contribution in [0.5, 0.6) is 5.75 Å². The Bertz CT molecular complexity index is 260. The standard InChI is InChI=1S/C7H4F3OS3/c8-12-7(13-9,14-10)11-6-4-2-1-3-5-6/h2-5H. The van der Waals surface area contributed by atoms with Crippen LogP contribution in [0.1, 0.15) is 0 Å². The Morgan fingerprint density at radius 1 is 1.07 bits per heavy atom. The first-order chi connectivity index (χ1) is 6.76. The maximum atomic E-state index is 12.3. The second kappa shape index (κ2) is 5.67. The number of halogens is 3. The average Bonchev–Trinajstić information content (AvgIpc) is 2.28. The van der Waals surface area contributed by atoms with Crippen molar-refractivity contribution in [3.8, 4) is 5.75 Å². The topological polar surface area (TPSA) is 9.23 Å². The average molecular weight is 257 g/mol. The van der Waals surface area contributed by atoms with Crippen LogP contribution in [-0.4, -0.2) is 3.60 Å². The fourth-order valence-corrected chi connectivity index (χ4v) is 1.34. The Hall–Kier alpha value is -0.140. The summed E-state index contributed by atoms with van der Waals surface area (Å²) in [4.78, 5) is 0. The monoisotopic (exact) mass is 257 g/mol. The molecule has 1 aromatic rings. The van der Waals surface area contributed by atoms with E-state index in [-0.39, 0.29) is 5.75 Å². The highest BCUT2D eigenvalue weighted by Crippen LogP contribution is 2.49. The smallest absolute Gasteiger partial charge is 0.338 e. The van der Waals surface area contributed by atoms with E-state index in [4.69, 9.17) is 4.74 Å². The zero-order valence-electron chi connectivity index (χ0n) is 6.58. The molecule has 0 amide bonds. The highest BCUT2D eigenvalue weighted by molar-refractivity contribution is 8.29. The van der Waals surface area contributed by atoms with Gasteiger partial charge in [0.15, 0.2) is 0 Å². The molecule has 0 aliphatic heterocycles. The number of ether oxygens (including phenoxy) is 1. The molecule has 0 fully saturated rings. The van der Waals surface area contributed by atoms with E-state index in [0.29, 0.717) is 0 Å². The highest BCUT2D eigenvalue weighted by atomic mass is 32.3. The van der Waals surface area contributed by atoms with Crippen molar-refractivity contribution in [3.05, 3.63) is 30.3 Å². The van der Waals surface area contributed by atoms with Crippen molar-refractivity contribution in [1.82, 2.24) is 0 Å². The minimum atomic E-state index is -2.23. The summed E-state index contributed by atoms with van der Waals surface area (Å²) in [5.41, 5.74) is 0. The van der Waals surface area contributed by atoms with Gasteiger partial charge in [0.1, 0.15) is 42.2 Å². The van der Waals surface area contributed by atoms with E-state index in [1.165, 1.54) is 24.3 Å². The van der Waals surface area contributed by atoms with Gasteiger partial charge in [0.25, 0.3) is 0 Å². The first-order valence-electron chi connectivity index (χ1n) is 3.30. The zero-order valence-corrected chi connectivity index (χ0v) is 9.03. The van der Waals surface area contributed by atoms with Crippen LogP contribution in [0.2, 0.25) is 0 Å². The van der Waals surface area contributed by atoms with Gasteiger partial charge in [-0.1, -0.05) is 12.1 Å². The molecule has 0 N–H and O–H groups in total. The lowest BCUT2D eigenvalue weighted by Crippen LogP contribution is -2.20. The van der Waals surface area contributed by atoms with Crippen molar-refractivity contribution in [2.24, 2.45) is 0 Å². The molecule has 0 saturated heterocycles. The lowest BCUT2D eigenvalue weighted by atomic mass is 10.3. The number of hydrogen-bond donors (Lipinski definition) is 0. The summed E-state index contributed by atoms with van der Waals surface area (Å²) in [5, 5.41) is 0. The molecule has 1 radical (unpaired) electrons. The SMILES string of the molecule is FSC(Oc1cc[c]cc1)(SF)SF. The van der Waals surface area contributed by atoms with Gasteiger partial charge < -0.3 is 4.74 Å². The summed E-state index contributed by atoms with van der Waals surface area (Å²) in [6, 6.07) is 8.54. The third-order valence-corrected chi connectivity index (χ3v) is 3.16. The molecule has 1 aromatic carbocycles. The van der Waals surface area contributed by atoms with E-state index >= 15 is 0 Å². The highest BCUT2D eigenvalue weighted by Gasteiger charge is 2.39. The van der Waals surface area contributed by atoms with Gasteiger partial charge in [-0.25, -0.2) is 0 Å². The van der Waals surface area contributed by atoms with Gasteiger partial charge in [-0.2, -0.15) is 11.7 Å². The van der Waals surface area contributed by atoms with Gasteiger partial charge in [0, 0.05) is 0 Å². The Morgan fingerprint density at radius 2 is 1.57 bits per heavy atom. The molecule has 0 aromatic heterocycles. The fraction of sp³-hybridized carbons (Fsp3) is 0.143. The number of rotatable bonds is 5. The van der Waals surface area contributed by atoms with Gasteiger partial charge in [-0.15, -0.1) is 0 Å². The van der Waals surface area contributed by atoms with Crippen molar-refractivity contribution in [3.63, 3.8) is 0 Å². The van der Waals surface area contributed by atoms with Crippen molar-refractivity contribution in [2.45, 2.75) is 3.60 Å². The number of benzene rings is 1. The molecular weight excluding hydrogens is 253 g/mol. The van der Waals surface area contributed by atoms with Crippen LogP contribution in [0.3, 0.4) is 0 Å². The summed E-state index contributed by atoms with van der Waals surface area (Å²) < 4.78 is 39.3. The first kappa shape index (κ1) is 11.9. The summed E-state index contributed by atoms with van der Waals surface area (Å²) in [7, 11) is 0. The summed E-state index contributed by atoms with van der Waals surface area (Å²) in [5.74, 6) is 0.171. The Balaban J connectivity index is 2.74. The predicted octanol–water partition coefficient (Wildman–Crippen LogP) is 4.33. The molecule has 0 unspecified atom stereocenters. The van der Waals surface area contributed by atoms with E-state index in [0.717, 1.165) is 0 Å². The summed E-state index contributed by atoms with van der Waals surface area (Å²) in [6.45, 7) is 0. The largest absolute Gasteiger partial charge is 0.451 e. The van der Waals surface area contributed by atoms with Crippen molar-refractivity contribution in [2.75, 3.05) is 0 Å². The maximum absolute atomic E-state index is 12.3. The fourth-order valence-electron chi connectivity index (χ4n) is 0.667. The molecule has 0 bridgehead atoms. The molecule has 7 heteroatoms. The molecule has 0 aliphatic rings. The van der Waals surface area contributed by atoms with Crippen molar-refractivity contribution < 1.29 is 16.4 Å². The Kier molecular flexibility index (Phi) is 4.83. The zero-order chi connectivity index (χ0) is 10.4. The quantitative estimate of drug-likeness (QED) is 0.726. The normalized spacial score (nSPS) is 11.4. The molecule has 1 rings (SSSR count). The number of hydrogen-bond acceptors (Lipinski definition) is 4. The van der Waals surface area contributed by atoms with Crippen LogP contribution in [0, 0.1) is 6.07 Å². The van der Waals surface area contributed by atoms with Crippen LogP contribution in [0.15, 0.2) is 24.3 Å². The summed E-state index contributed by atoms with van der Waals surface area (Å²) >= 11 is -1.63. The van der Waals surface area contributed by atoms with E-state index in [2.05, 4.69) is 6.07 Å². The lowest BCUT2D eigenvalue weighted by Gasteiger charge is -2.20. The van der Waals surface area contributed by atoms with Crippen LogP contribution in [-0.2, 0) is 0 Å². The van der Waals surface area contributed by atoms with Crippen molar-refractivity contribution in [1.29, 1.82) is 0 Å². The second-order valence-electron chi connectivity index (χ2n) is 2.07. The van der Waals surface area contributed by atoms with Crippen LogP contribution in [0.4, 0.5) is 11.7 Å². The van der Waals surface area contributed by atoms with Gasteiger partial charge >= 0.3 is 3.60 Å². The van der Waals surface area contributed by atoms with Crippen molar-refractivity contribution >= 4 is 36.4 Å². The van der Waals surface area contributed by atoms with Crippen LogP contribution < -0.4 is 4.74 Å². The van der Waals surface area contributed by atoms with Gasteiger partial charge in [0.2, 0.25) is 0 Å². The van der Waals surface area contributed by atoms with Gasteiger partial charge in [-0.3, -0.25) is 0 Å². The first-order valence-corrected chi connectivity index (χ1v) is 5.46. The van der Waals surface area contributed by atoms with E-state index < -0.39 is 40.0 Å². The predicted molar refractivity (Wildman–Crippen MR) is 54.7 cm³/mol. The van der Waals surface area contributed by atoms with E-state index in [9.17, 15) is 11.7 Å². The second-order valence-corrected chi connectivity index (χ2v) is 5.03. The Morgan fingerprint density at radius 3 is 2.00 bits per heavy atom. The maximum Gasteiger partial charge on any atom is 0.338 e.